The van der Waals surface area contributed by atoms with E-state index >= 15 is 0 Å². The first kappa shape index (κ1) is 12.9. The summed E-state index contributed by atoms with van der Waals surface area (Å²) in [6.45, 7) is 4.65. The van der Waals surface area contributed by atoms with Crippen molar-refractivity contribution in [1.82, 2.24) is 9.36 Å². The number of rotatable bonds is 7. The molecule has 1 aromatic rings. The van der Waals surface area contributed by atoms with Crippen LogP contribution in [0.1, 0.15) is 25.6 Å². The maximum atomic E-state index is 10.1. The zero-order valence-corrected chi connectivity index (χ0v) is 10.1. The zero-order valence-electron chi connectivity index (χ0n) is 9.27. The Morgan fingerprint density at radius 3 is 2.94 bits per heavy atom. The van der Waals surface area contributed by atoms with Crippen molar-refractivity contribution in [3.05, 3.63) is 5.82 Å². The number of carboxylic acid groups (broad SMARTS) is 1. The number of aliphatic carboxylic acids is 1. The minimum Gasteiger partial charge on any atom is -0.480 e. The van der Waals surface area contributed by atoms with Crippen LogP contribution in [0.5, 0.6) is 0 Å². The van der Waals surface area contributed by atoms with Crippen LogP contribution in [0.3, 0.4) is 0 Å². The van der Waals surface area contributed by atoms with Gasteiger partial charge < -0.3 is 15.2 Å². The number of anilines is 1. The van der Waals surface area contributed by atoms with Gasteiger partial charge >= 0.3 is 5.97 Å². The Morgan fingerprint density at radius 2 is 2.38 bits per heavy atom. The second kappa shape index (κ2) is 6.39. The molecule has 1 heterocycles. The van der Waals surface area contributed by atoms with Gasteiger partial charge in [0, 0.05) is 24.0 Å². The van der Waals surface area contributed by atoms with Gasteiger partial charge in [-0.15, -0.1) is 0 Å². The SMILES string of the molecule is CC(C)c1nsc(NCCOCC(=O)O)n1. The molecule has 0 aromatic carbocycles. The van der Waals surface area contributed by atoms with E-state index < -0.39 is 5.97 Å². The fourth-order valence-electron chi connectivity index (χ4n) is 0.931. The van der Waals surface area contributed by atoms with Gasteiger partial charge in [0.15, 0.2) is 0 Å². The summed E-state index contributed by atoms with van der Waals surface area (Å²) in [6.07, 6.45) is 0. The van der Waals surface area contributed by atoms with Crippen molar-refractivity contribution in [1.29, 1.82) is 0 Å². The van der Waals surface area contributed by atoms with E-state index in [9.17, 15) is 4.79 Å². The minimum absolute atomic E-state index is 0.269. The van der Waals surface area contributed by atoms with E-state index in [0.717, 1.165) is 11.0 Å². The first-order valence-electron chi connectivity index (χ1n) is 4.96. The average Bonchev–Trinajstić information content (AvgIpc) is 2.65. The summed E-state index contributed by atoms with van der Waals surface area (Å²) in [6, 6.07) is 0. The van der Waals surface area contributed by atoms with Gasteiger partial charge in [0.2, 0.25) is 5.13 Å². The summed E-state index contributed by atoms with van der Waals surface area (Å²) in [5.74, 6) is 0.173. The first-order valence-corrected chi connectivity index (χ1v) is 5.74. The second-order valence-electron chi connectivity index (χ2n) is 3.49. The molecule has 0 aliphatic rings. The van der Waals surface area contributed by atoms with Crippen molar-refractivity contribution in [2.45, 2.75) is 19.8 Å². The second-order valence-corrected chi connectivity index (χ2v) is 4.24. The van der Waals surface area contributed by atoms with Crippen molar-refractivity contribution in [3.63, 3.8) is 0 Å². The van der Waals surface area contributed by atoms with Gasteiger partial charge in [-0.1, -0.05) is 13.8 Å². The Morgan fingerprint density at radius 1 is 1.62 bits per heavy atom. The number of nitrogens with one attached hydrogen (secondary N) is 1. The van der Waals surface area contributed by atoms with Crippen molar-refractivity contribution < 1.29 is 14.6 Å². The summed E-state index contributed by atoms with van der Waals surface area (Å²) in [7, 11) is 0. The molecule has 0 bridgehead atoms. The van der Waals surface area contributed by atoms with E-state index in [0.29, 0.717) is 19.1 Å². The summed E-state index contributed by atoms with van der Waals surface area (Å²) >= 11 is 1.30. The number of hydrogen-bond acceptors (Lipinski definition) is 6. The van der Waals surface area contributed by atoms with Crippen LogP contribution in [0, 0.1) is 0 Å². The third-order valence-corrected chi connectivity index (χ3v) is 2.39. The highest BCUT2D eigenvalue weighted by Crippen LogP contribution is 2.16. The van der Waals surface area contributed by atoms with Crippen molar-refractivity contribution >= 4 is 22.6 Å². The maximum Gasteiger partial charge on any atom is 0.329 e. The van der Waals surface area contributed by atoms with Gasteiger partial charge in [-0.2, -0.15) is 4.37 Å². The molecule has 7 heteroatoms. The van der Waals surface area contributed by atoms with E-state index in [2.05, 4.69) is 14.7 Å². The summed E-state index contributed by atoms with van der Waals surface area (Å²) < 4.78 is 9.04. The Hall–Kier alpha value is -1.21. The standard InChI is InChI=1S/C9H15N3O3S/c1-6(2)8-11-9(16-12-8)10-3-4-15-5-7(13)14/h6H,3-5H2,1-2H3,(H,13,14)(H,10,11,12). The molecule has 0 saturated heterocycles. The van der Waals surface area contributed by atoms with Crippen LogP contribution in [0.2, 0.25) is 0 Å². The van der Waals surface area contributed by atoms with Crippen LogP contribution in [-0.2, 0) is 9.53 Å². The lowest BCUT2D eigenvalue weighted by Gasteiger charge is -2.01. The maximum absolute atomic E-state index is 10.1. The van der Waals surface area contributed by atoms with Gasteiger partial charge in [0.25, 0.3) is 0 Å². The topological polar surface area (TPSA) is 84.3 Å². The Bertz CT molecular complexity index is 340. The van der Waals surface area contributed by atoms with Gasteiger partial charge in [0.1, 0.15) is 12.4 Å². The minimum atomic E-state index is -0.960. The van der Waals surface area contributed by atoms with Gasteiger partial charge in [-0.3, -0.25) is 0 Å². The van der Waals surface area contributed by atoms with Crippen LogP contribution in [-0.4, -0.2) is 40.2 Å². The largest absolute Gasteiger partial charge is 0.480 e. The number of aromatic nitrogens is 2. The smallest absolute Gasteiger partial charge is 0.329 e. The average molecular weight is 245 g/mol. The molecule has 0 atom stereocenters. The number of ether oxygens (including phenoxy) is 1. The van der Waals surface area contributed by atoms with Crippen LogP contribution >= 0.6 is 11.5 Å². The zero-order chi connectivity index (χ0) is 12.0. The van der Waals surface area contributed by atoms with E-state index in [-0.39, 0.29) is 6.61 Å². The van der Waals surface area contributed by atoms with Gasteiger partial charge in [0.05, 0.1) is 6.61 Å². The lowest BCUT2D eigenvalue weighted by atomic mass is 10.2. The molecule has 0 aliphatic carbocycles. The van der Waals surface area contributed by atoms with E-state index in [1.807, 2.05) is 13.8 Å². The molecule has 2 N–H and O–H groups in total. The molecule has 90 valence electrons. The quantitative estimate of drug-likeness (QED) is 0.702. The predicted molar refractivity (Wildman–Crippen MR) is 60.9 cm³/mol. The van der Waals surface area contributed by atoms with Gasteiger partial charge in [-0.25, -0.2) is 9.78 Å². The number of carboxylic acids is 1. The van der Waals surface area contributed by atoms with E-state index in [1.165, 1.54) is 11.5 Å². The van der Waals surface area contributed by atoms with E-state index in [4.69, 9.17) is 9.84 Å². The summed E-state index contributed by atoms with van der Waals surface area (Å²) in [5.41, 5.74) is 0. The lowest BCUT2D eigenvalue weighted by Crippen LogP contribution is -2.14. The number of carbonyl (C=O) groups is 1. The molecule has 1 rings (SSSR count). The molecular weight excluding hydrogens is 230 g/mol. The molecule has 16 heavy (non-hydrogen) atoms. The monoisotopic (exact) mass is 245 g/mol. The molecule has 0 aliphatic heterocycles. The van der Waals surface area contributed by atoms with Crippen molar-refractivity contribution in [2.75, 3.05) is 25.1 Å². The molecule has 0 unspecified atom stereocenters. The third kappa shape index (κ3) is 4.54. The van der Waals surface area contributed by atoms with Gasteiger partial charge in [-0.05, 0) is 0 Å². The van der Waals surface area contributed by atoms with Crippen molar-refractivity contribution in [2.24, 2.45) is 0 Å². The highest BCUT2D eigenvalue weighted by Gasteiger charge is 2.06. The number of nitrogens with zero attached hydrogens (tertiary/aromatic N) is 2. The van der Waals surface area contributed by atoms with Crippen LogP contribution in [0.25, 0.3) is 0 Å². The Balaban J connectivity index is 2.19. The van der Waals surface area contributed by atoms with Crippen LogP contribution in [0.4, 0.5) is 5.13 Å². The van der Waals surface area contributed by atoms with Crippen LogP contribution < -0.4 is 5.32 Å². The highest BCUT2D eigenvalue weighted by molar-refractivity contribution is 7.09. The lowest BCUT2D eigenvalue weighted by molar-refractivity contribution is -0.142. The summed E-state index contributed by atoms with van der Waals surface area (Å²) in [5, 5.41) is 12.1. The third-order valence-electron chi connectivity index (χ3n) is 1.71. The van der Waals surface area contributed by atoms with Crippen molar-refractivity contribution in [3.8, 4) is 0 Å². The predicted octanol–water partition coefficient (Wildman–Crippen LogP) is 1.17. The van der Waals surface area contributed by atoms with Crippen LogP contribution in [0.15, 0.2) is 0 Å². The number of hydrogen-bond donors (Lipinski definition) is 2. The first-order chi connectivity index (χ1) is 7.59. The molecule has 0 fully saturated rings. The van der Waals surface area contributed by atoms with E-state index in [1.54, 1.807) is 0 Å². The molecule has 0 amide bonds. The highest BCUT2D eigenvalue weighted by atomic mass is 32.1. The Kier molecular flexibility index (Phi) is 5.13. The fraction of sp³-hybridized carbons (Fsp3) is 0.667. The Labute approximate surface area is 97.8 Å². The summed E-state index contributed by atoms with van der Waals surface area (Å²) in [4.78, 5) is 14.4. The molecule has 6 nitrogen and oxygen atoms in total. The normalized spacial score (nSPS) is 10.7. The molecule has 1 aromatic heterocycles. The molecule has 0 saturated carbocycles. The molecule has 0 radical (unpaired) electrons. The molecular formula is C9H15N3O3S. The molecule has 0 spiro atoms. The fourth-order valence-corrected chi connectivity index (χ4v) is 1.66.